The second kappa shape index (κ2) is 13.1. The summed E-state index contributed by atoms with van der Waals surface area (Å²) in [5.74, 6) is -0.782. The van der Waals surface area contributed by atoms with Gasteiger partial charge in [0.2, 0.25) is 11.8 Å². The van der Waals surface area contributed by atoms with E-state index in [-0.39, 0.29) is 23.4 Å². The van der Waals surface area contributed by atoms with Crippen LogP contribution in [-0.2, 0) is 26.2 Å². The number of anilines is 1. The van der Waals surface area contributed by atoms with Crippen molar-refractivity contribution in [3.63, 3.8) is 0 Å². The molecule has 39 heavy (non-hydrogen) atoms. The van der Waals surface area contributed by atoms with Crippen LogP contribution < -0.4 is 9.62 Å². The molecule has 1 atom stereocenters. The van der Waals surface area contributed by atoms with Gasteiger partial charge in [0.25, 0.3) is 10.0 Å². The van der Waals surface area contributed by atoms with E-state index < -0.39 is 28.5 Å². The number of halogens is 1. The first kappa shape index (κ1) is 30.2. The minimum absolute atomic E-state index is 0.0764. The van der Waals surface area contributed by atoms with E-state index in [1.807, 2.05) is 40.7 Å². The maximum atomic E-state index is 14.1. The van der Waals surface area contributed by atoms with Gasteiger partial charge in [-0.15, -0.1) is 0 Å². The highest BCUT2D eigenvalue weighted by atomic mass is 35.5. The third-order valence-electron chi connectivity index (χ3n) is 6.54. The Balaban J connectivity index is 2.09. The molecule has 0 saturated heterocycles. The van der Waals surface area contributed by atoms with Crippen molar-refractivity contribution in [1.82, 2.24) is 10.2 Å². The second-order valence-corrected chi connectivity index (χ2v) is 12.1. The normalized spacial score (nSPS) is 12.2. The van der Waals surface area contributed by atoms with E-state index in [0.29, 0.717) is 17.1 Å². The van der Waals surface area contributed by atoms with Crippen molar-refractivity contribution < 1.29 is 18.0 Å². The van der Waals surface area contributed by atoms with Crippen LogP contribution >= 0.6 is 11.6 Å². The van der Waals surface area contributed by atoms with E-state index in [9.17, 15) is 18.0 Å². The van der Waals surface area contributed by atoms with Crippen molar-refractivity contribution in [2.45, 2.75) is 64.6 Å². The maximum absolute atomic E-state index is 14.1. The fourth-order valence-corrected chi connectivity index (χ4v) is 5.94. The SMILES string of the molecule is CC[C@H](C(=O)NC(C)C)N(Cc1ccc(Cl)cc1)C(=O)CN(c1cccc(C)c1C)S(=O)(=O)c1ccccc1. The van der Waals surface area contributed by atoms with Gasteiger partial charge in [0.05, 0.1) is 10.6 Å². The molecule has 208 valence electrons. The minimum atomic E-state index is -4.10. The molecule has 0 unspecified atom stereocenters. The van der Waals surface area contributed by atoms with Crippen LogP contribution in [0.25, 0.3) is 0 Å². The Morgan fingerprint density at radius 3 is 2.15 bits per heavy atom. The Morgan fingerprint density at radius 1 is 0.923 bits per heavy atom. The summed E-state index contributed by atoms with van der Waals surface area (Å²) in [6.45, 7) is 8.90. The van der Waals surface area contributed by atoms with Gasteiger partial charge in [-0.2, -0.15) is 0 Å². The lowest BCUT2D eigenvalue weighted by molar-refractivity contribution is -0.140. The molecule has 9 heteroatoms. The summed E-state index contributed by atoms with van der Waals surface area (Å²) in [5, 5.41) is 3.45. The Bertz CT molecular complexity index is 1390. The number of hydrogen-bond acceptors (Lipinski definition) is 4. The smallest absolute Gasteiger partial charge is 0.264 e. The lowest BCUT2D eigenvalue weighted by atomic mass is 10.1. The van der Waals surface area contributed by atoms with Crippen LogP contribution in [0.5, 0.6) is 0 Å². The molecule has 0 radical (unpaired) electrons. The Hall–Kier alpha value is -3.36. The lowest BCUT2D eigenvalue weighted by Crippen LogP contribution is -2.53. The monoisotopic (exact) mass is 569 g/mol. The predicted molar refractivity (Wildman–Crippen MR) is 156 cm³/mol. The number of nitrogens with zero attached hydrogens (tertiary/aromatic N) is 2. The second-order valence-electron chi connectivity index (χ2n) is 9.78. The van der Waals surface area contributed by atoms with Crippen molar-refractivity contribution in [3.8, 4) is 0 Å². The fraction of sp³-hybridized carbons (Fsp3) is 0.333. The van der Waals surface area contributed by atoms with E-state index in [4.69, 9.17) is 11.6 Å². The number of hydrogen-bond donors (Lipinski definition) is 1. The zero-order valence-electron chi connectivity index (χ0n) is 23.0. The number of aryl methyl sites for hydroxylation is 1. The van der Waals surface area contributed by atoms with Crippen LogP contribution in [0, 0.1) is 13.8 Å². The number of carbonyl (C=O) groups is 2. The third-order valence-corrected chi connectivity index (χ3v) is 8.56. The Labute approximate surface area is 236 Å². The van der Waals surface area contributed by atoms with Crippen molar-refractivity contribution in [1.29, 1.82) is 0 Å². The number of benzene rings is 3. The van der Waals surface area contributed by atoms with Gasteiger partial charge in [0.15, 0.2) is 0 Å². The fourth-order valence-electron chi connectivity index (χ4n) is 4.33. The van der Waals surface area contributed by atoms with E-state index in [0.717, 1.165) is 21.0 Å². The predicted octanol–water partition coefficient (Wildman–Crippen LogP) is 5.48. The van der Waals surface area contributed by atoms with E-state index >= 15 is 0 Å². The molecule has 0 saturated carbocycles. The van der Waals surface area contributed by atoms with E-state index in [1.54, 1.807) is 54.6 Å². The van der Waals surface area contributed by atoms with Crippen LogP contribution in [0.4, 0.5) is 5.69 Å². The topological polar surface area (TPSA) is 86.8 Å². The average Bonchev–Trinajstić information content (AvgIpc) is 2.90. The van der Waals surface area contributed by atoms with Gasteiger partial charge in [-0.05, 0) is 81.1 Å². The molecule has 0 aliphatic heterocycles. The molecule has 0 aromatic heterocycles. The van der Waals surface area contributed by atoms with Crippen LogP contribution in [0.3, 0.4) is 0 Å². The molecule has 0 fully saturated rings. The van der Waals surface area contributed by atoms with Gasteiger partial charge < -0.3 is 10.2 Å². The van der Waals surface area contributed by atoms with Gasteiger partial charge in [0.1, 0.15) is 12.6 Å². The van der Waals surface area contributed by atoms with Crippen molar-refractivity contribution in [3.05, 3.63) is 94.5 Å². The van der Waals surface area contributed by atoms with Crippen LogP contribution in [0.15, 0.2) is 77.7 Å². The highest BCUT2D eigenvalue weighted by Gasteiger charge is 2.34. The molecule has 2 amide bonds. The van der Waals surface area contributed by atoms with Crippen molar-refractivity contribution in [2.75, 3.05) is 10.8 Å². The number of rotatable bonds is 11. The number of sulfonamides is 1. The highest BCUT2D eigenvalue weighted by Crippen LogP contribution is 2.29. The minimum Gasteiger partial charge on any atom is -0.352 e. The molecule has 3 rings (SSSR count). The maximum Gasteiger partial charge on any atom is 0.264 e. The summed E-state index contributed by atoms with van der Waals surface area (Å²) in [5.41, 5.74) is 2.83. The first-order valence-corrected chi connectivity index (χ1v) is 14.8. The molecule has 0 heterocycles. The van der Waals surface area contributed by atoms with Crippen LogP contribution in [-0.4, -0.2) is 43.8 Å². The Kier molecular flexibility index (Phi) is 10.2. The van der Waals surface area contributed by atoms with Gasteiger partial charge in [-0.1, -0.05) is 61.0 Å². The number of nitrogens with one attached hydrogen (secondary N) is 1. The summed E-state index contributed by atoms with van der Waals surface area (Å²) in [6.07, 6.45) is 0.354. The summed E-state index contributed by atoms with van der Waals surface area (Å²) >= 11 is 6.06. The molecular weight excluding hydrogens is 534 g/mol. The molecule has 3 aromatic carbocycles. The molecule has 0 bridgehead atoms. The summed E-state index contributed by atoms with van der Waals surface area (Å²) < 4.78 is 29.0. The summed E-state index contributed by atoms with van der Waals surface area (Å²) in [7, 11) is -4.10. The third kappa shape index (κ3) is 7.40. The molecule has 7 nitrogen and oxygen atoms in total. The Morgan fingerprint density at radius 2 is 1.56 bits per heavy atom. The average molecular weight is 570 g/mol. The lowest BCUT2D eigenvalue weighted by Gasteiger charge is -2.34. The first-order valence-electron chi connectivity index (χ1n) is 12.9. The summed E-state index contributed by atoms with van der Waals surface area (Å²) in [6, 6.07) is 19.5. The zero-order valence-corrected chi connectivity index (χ0v) is 24.6. The number of carbonyl (C=O) groups excluding carboxylic acids is 2. The standard InChI is InChI=1S/C30H36ClN3O4S/c1-6-27(30(36)32-21(2)3)33(19-24-15-17-25(31)18-16-24)29(35)20-34(28-14-10-11-22(4)23(28)5)39(37,38)26-12-8-7-9-13-26/h7-18,21,27H,6,19-20H2,1-5H3,(H,32,36)/t27-/m1/s1. The largest absolute Gasteiger partial charge is 0.352 e. The molecule has 0 aliphatic carbocycles. The van der Waals surface area contributed by atoms with Crippen molar-refractivity contribution >= 4 is 39.1 Å². The van der Waals surface area contributed by atoms with Crippen LogP contribution in [0.2, 0.25) is 5.02 Å². The molecule has 0 aliphatic rings. The van der Waals surface area contributed by atoms with Gasteiger partial charge >= 0.3 is 0 Å². The quantitative estimate of drug-likeness (QED) is 0.331. The van der Waals surface area contributed by atoms with Gasteiger partial charge in [-0.3, -0.25) is 13.9 Å². The van der Waals surface area contributed by atoms with E-state index in [1.165, 1.54) is 17.0 Å². The zero-order chi connectivity index (χ0) is 28.7. The molecule has 1 N–H and O–H groups in total. The van der Waals surface area contributed by atoms with Gasteiger partial charge in [-0.25, -0.2) is 8.42 Å². The number of amides is 2. The first-order chi connectivity index (χ1) is 18.4. The van der Waals surface area contributed by atoms with E-state index in [2.05, 4.69) is 5.32 Å². The molecule has 0 spiro atoms. The van der Waals surface area contributed by atoms with Crippen LogP contribution in [0.1, 0.15) is 43.9 Å². The highest BCUT2D eigenvalue weighted by molar-refractivity contribution is 7.92. The van der Waals surface area contributed by atoms with Crippen molar-refractivity contribution in [2.24, 2.45) is 0 Å². The molecular formula is C30H36ClN3O4S. The van der Waals surface area contributed by atoms with Gasteiger partial charge in [0, 0.05) is 17.6 Å². The molecule has 3 aromatic rings. The summed E-state index contributed by atoms with van der Waals surface area (Å²) in [4.78, 5) is 28.8.